The smallest absolute Gasteiger partial charge is 0.225 e. The zero-order chi connectivity index (χ0) is 10.7. The second-order valence-electron chi connectivity index (χ2n) is 4.46. The lowest BCUT2D eigenvalue weighted by atomic mass is 10.0. The highest BCUT2D eigenvalue weighted by Crippen LogP contribution is 2.23. The Bertz CT molecular complexity index is 234. The van der Waals surface area contributed by atoms with Crippen LogP contribution in [0.1, 0.15) is 40.0 Å². The monoisotopic (exact) mass is 195 g/mol. The lowest BCUT2D eigenvalue weighted by Crippen LogP contribution is -2.37. The molecule has 1 heterocycles. The van der Waals surface area contributed by atoms with Gasteiger partial charge in [0.05, 0.1) is 0 Å². The summed E-state index contributed by atoms with van der Waals surface area (Å²) in [4.78, 5) is 14.0. The van der Waals surface area contributed by atoms with Gasteiger partial charge in [-0.15, -0.1) is 0 Å². The lowest BCUT2D eigenvalue weighted by Gasteiger charge is -2.24. The lowest BCUT2D eigenvalue weighted by molar-refractivity contribution is -0.135. The molecule has 2 heteroatoms. The third-order valence-corrected chi connectivity index (χ3v) is 2.94. The summed E-state index contributed by atoms with van der Waals surface area (Å²) in [6.07, 6.45) is 3.05. The van der Waals surface area contributed by atoms with Crippen LogP contribution >= 0.6 is 0 Å². The molecule has 1 fully saturated rings. The Hall–Kier alpha value is -0.790. The molecule has 0 N–H and O–H groups in total. The number of likely N-dealkylation sites (tertiary alicyclic amines) is 1. The largest absolute Gasteiger partial charge is 0.335 e. The number of carbonyl (C=O) groups excluding carboxylic acids is 1. The summed E-state index contributed by atoms with van der Waals surface area (Å²) in [6.45, 7) is 11.0. The first-order valence-electron chi connectivity index (χ1n) is 5.53. The molecule has 1 aliphatic heterocycles. The zero-order valence-electron chi connectivity index (χ0n) is 9.55. The third kappa shape index (κ3) is 2.37. The summed E-state index contributed by atoms with van der Waals surface area (Å²) in [5, 5.41) is 0. The number of rotatable bonds is 3. The summed E-state index contributed by atoms with van der Waals surface area (Å²) in [7, 11) is 0. The van der Waals surface area contributed by atoms with Crippen LogP contribution < -0.4 is 0 Å². The third-order valence-electron chi connectivity index (χ3n) is 2.94. The molecule has 80 valence electrons. The van der Waals surface area contributed by atoms with Crippen LogP contribution in [-0.2, 0) is 4.79 Å². The van der Waals surface area contributed by atoms with Crippen LogP contribution in [0.15, 0.2) is 12.2 Å². The molecule has 0 aromatic rings. The fourth-order valence-electron chi connectivity index (χ4n) is 2.12. The first-order chi connectivity index (χ1) is 6.56. The van der Waals surface area contributed by atoms with Crippen molar-refractivity contribution < 1.29 is 4.79 Å². The van der Waals surface area contributed by atoms with E-state index >= 15 is 0 Å². The first-order valence-corrected chi connectivity index (χ1v) is 5.53. The topological polar surface area (TPSA) is 20.3 Å². The van der Waals surface area contributed by atoms with E-state index in [1.807, 2.05) is 11.8 Å². The highest BCUT2D eigenvalue weighted by molar-refractivity contribution is 5.79. The quantitative estimate of drug-likeness (QED) is 0.634. The normalized spacial score (nSPS) is 24.1. The highest BCUT2D eigenvalue weighted by Gasteiger charge is 2.29. The van der Waals surface area contributed by atoms with Gasteiger partial charge in [0.1, 0.15) is 0 Å². The van der Waals surface area contributed by atoms with E-state index in [4.69, 9.17) is 0 Å². The molecule has 0 radical (unpaired) electrons. The summed E-state index contributed by atoms with van der Waals surface area (Å²) in [5.74, 6) is 0.478. The van der Waals surface area contributed by atoms with Crippen molar-refractivity contribution in [3.63, 3.8) is 0 Å². The van der Waals surface area contributed by atoms with Gasteiger partial charge in [-0.25, -0.2) is 0 Å². The minimum absolute atomic E-state index is 0.174. The molecular formula is C12H21NO. The van der Waals surface area contributed by atoms with Gasteiger partial charge in [-0.3, -0.25) is 4.79 Å². The van der Waals surface area contributed by atoms with Crippen molar-refractivity contribution in [1.29, 1.82) is 0 Å². The molecule has 1 amide bonds. The van der Waals surface area contributed by atoms with Crippen molar-refractivity contribution >= 4 is 5.91 Å². The molecule has 0 aromatic heterocycles. The molecule has 1 saturated heterocycles. The van der Waals surface area contributed by atoms with Gasteiger partial charge < -0.3 is 4.90 Å². The Kier molecular flexibility index (Phi) is 3.73. The minimum atomic E-state index is 0.174. The van der Waals surface area contributed by atoms with E-state index in [1.54, 1.807) is 0 Å². The molecule has 0 aliphatic carbocycles. The molecule has 0 aromatic carbocycles. The van der Waals surface area contributed by atoms with E-state index < -0.39 is 0 Å². The molecule has 14 heavy (non-hydrogen) atoms. The summed E-state index contributed by atoms with van der Waals surface area (Å²) in [5.41, 5.74) is 1.19. The predicted octanol–water partition coefficient (Wildman–Crippen LogP) is 2.60. The van der Waals surface area contributed by atoms with Crippen LogP contribution in [0, 0.1) is 5.92 Å². The van der Waals surface area contributed by atoms with Gasteiger partial charge in [-0.05, 0) is 19.8 Å². The van der Waals surface area contributed by atoms with Crippen molar-refractivity contribution in [2.45, 2.75) is 46.1 Å². The molecular weight excluding hydrogens is 174 g/mol. The van der Waals surface area contributed by atoms with Gasteiger partial charge >= 0.3 is 0 Å². The second-order valence-corrected chi connectivity index (χ2v) is 4.46. The van der Waals surface area contributed by atoms with E-state index in [0.717, 1.165) is 25.8 Å². The maximum atomic E-state index is 12.0. The van der Waals surface area contributed by atoms with Gasteiger partial charge in [0.2, 0.25) is 5.91 Å². The molecule has 0 bridgehead atoms. The van der Waals surface area contributed by atoms with Crippen LogP contribution in [0.2, 0.25) is 0 Å². The number of nitrogens with zero attached hydrogens (tertiary/aromatic N) is 1. The molecule has 1 unspecified atom stereocenters. The highest BCUT2D eigenvalue weighted by atomic mass is 16.2. The average molecular weight is 195 g/mol. The molecule has 1 aliphatic rings. The number of amides is 1. The van der Waals surface area contributed by atoms with Crippen LogP contribution in [0.25, 0.3) is 0 Å². The van der Waals surface area contributed by atoms with Gasteiger partial charge in [-0.1, -0.05) is 32.4 Å². The second kappa shape index (κ2) is 4.63. The Labute approximate surface area is 87.0 Å². The van der Waals surface area contributed by atoms with Crippen molar-refractivity contribution in [2.75, 3.05) is 6.54 Å². The molecule has 2 atom stereocenters. The van der Waals surface area contributed by atoms with Crippen LogP contribution in [0.5, 0.6) is 0 Å². The summed E-state index contributed by atoms with van der Waals surface area (Å²) < 4.78 is 0. The number of hydrogen-bond acceptors (Lipinski definition) is 1. The Balaban J connectivity index is 2.56. The van der Waals surface area contributed by atoms with Crippen LogP contribution in [-0.4, -0.2) is 23.4 Å². The van der Waals surface area contributed by atoms with Gasteiger partial charge in [0, 0.05) is 18.5 Å². The first kappa shape index (κ1) is 11.3. The Morgan fingerprint density at radius 2 is 2.36 bits per heavy atom. The maximum Gasteiger partial charge on any atom is 0.225 e. The standard InChI is InChI=1S/C12H21NO/c1-5-6-10(3)12(14)13-8-9(2)7-11(13)4/h10-11H,2,5-8H2,1,3-4H3/t10?,11-/m1/s1. The van der Waals surface area contributed by atoms with Crippen LogP contribution in [0.4, 0.5) is 0 Å². The Morgan fingerprint density at radius 1 is 1.71 bits per heavy atom. The SMILES string of the molecule is C=C1C[C@@H](C)N(C(=O)C(C)CCC)C1. The molecule has 0 spiro atoms. The Morgan fingerprint density at radius 3 is 2.79 bits per heavy atom. The number of carbonyl (C=O) groups is 1. The van der Waals surface area contributed by atoms with Crippen molar-refractivity contribution in [1.82, 2.24) is 4.90 Å². The fraction of sp³-hybridized carbons (Fsp3) is 0.750. The van der Waals surface area contributed by atoms with Gasteiger partial charge in [0.25, 0.3) is 0 Å². The summed E-state index contributed by atoms with van der Waals surface area (Å²) >= 11 is 0. The fourth-order valence-corrected chi connectivity index (χ4v) is 2.12. The van der Waals surface area contributed by atoms with E-state index in [9.17, 15) is 4.79 Å². The van der Waals surface area contributed by atoms with E-state index in [1.165, 1.54) is 5.57 Å². The van der Waals surface area contributed by atoms with Gasteiger partial charge in [-0.2, -0.15) is 0 Å². The minimum Gasteiger partial charge on any atom is -0.335 e. The number of hydrogen-bond donors (Lipinski definition) is 0. The van der Waals surface area contributed by atoms with Crippen molar-refractivity contribution in [3.8, 4) is 0 Å². The van der Waals surface area contributed by atoms with Gasteiger partial charge in [0.15, 0.2) is 0 Å². The van der Waals surface area contributed by atoms with E-state index in [0.29, 0.717) is 11.9 Å². The van der Waals surface area contributed by atoms with Crippen molar-refractivity contribution in [2.24, 2.45) is 5.92 Å². The molecule has 0 saturated carbocycles. The van der Waals surface area contributed by atoms with E-state index in [-0.39, 0.29) is 5.92 Å². The average Bonchev–Trinajstić information content (AvgIpc) is 2.44. The zero-order valence-corrected chi connectivity index (χ0v) is 9.55. The summed E-state index contributed by atoms with van der Waals surface area (Å²) in [6, 6.07) is 0.356. The predicted molar refractivity (Wildman–Crippen MR) is 59.0 cm³/mol. The molecule has 2 nitrogen and oxygen atoms in total. The van der Waals surface area contributed by atoms with E-state index in [2.05, 4.69) is 20.4 Å². The maximum absolute atomic E-state index is 12.0. The van der Waals surface area contributed by atoms with Crippen LogP contribution in [0.3, 0.4) is 0 Å². The molecule has 1 rings (SSSR count). The van der Waals surface area contributed by atoms with Crippen molar-refractivity contribution in [3.05, 3.63) is 12.2 Å².